The quantitative estimate of drug-likeness (QED) is 0.220. The molecule has 0 saturated heterocycles. The van der Waals surface area contributed by atoms with Gasteiger partial charge in [-0.25, -0.2) is 4.57 Å². The van der Waals surface area contributed by atoms with E-state index in [1.807, 2.05) is 55.2 Å². The minimum Gasteiger partial charge on any atom is -0.232 e. The summed E-state index contributed by atoms with van der Waals surface area (Å²) in [5.74, 6) is 6.09. The van der Waals surface area contributed by atoms with Crippen molar-refractivity contribution < 1.29 is 8.68 Å². The fourth-order valence-corrected chi connectivity index (χ4v) is 4.42. The number of aryl methyl sites for hydroxylation is 3. The summed E-state index contributed by atoms with van der Waals surface area (Å²) >= 11 is 0. The third-order valence-corrected chi connectivity index (χ3v) is 5.88. The van der Waals surface area contributed by atoms with Crippen LogP contribution in [0.25, 0.3) is 39.0 Å². The maximum atomic E-state index is 8.15. The predicted molar refractivity (Wildman–Crippen MR) is 137 cm³/mol. The van der Waals surface area contributed by atoms with E-state index in [1.54, 1.807) is 12.1 Å². The number of aromatic nitrogens is 2. The molecule has 0 unspecified atom stereocenters. The van der Waals surface area contributed by atoms with Gasteiger partial charge in [0.25, 0.3) is 0 Å². The van der Waals surface area contributed by atoms with Crippen molar-refractivity contribution in [2.45, 2.75) is 20.7 Å². The van der Waals surface area contributed by atoms with E-state index >= 15 is 0 Å². The molecule has 160 valence electrons. The third kappa shape index (κ3) is 4.06. The maximum Gasteiger partial charge on any atom is 0.249 e. The molecule has 0 aliphatic rings. The van der Waals surface area contributed by atoms with E-state index in [9.17, 15) is 0 Å². The van der Waals surface area contributed by atoms with Crippen LogP contribution in [0.2, 0.25) is 0 Å². The van der Waals surface area contributed by atoms with Crippen molar-refractivity contribution in [1.29, 1.82) is 0 Å². The van der Waals surface area contributed by atoms with Gasteiger partial charge in [-0.3, -0.25) is 0 Å². The number of imidazole rings is 1. The van der Waals surface area contributed by atoms with Gasteiger partial charge in [0.05, 0.1) is 7.05 Å². The molecule has 0 aliphatic heterocycles. The summed E-state index contributed by atoms with van der Waals surface area (Å²) in [5, 5.41) is 0. The highest BCUT2D eigenvalue weighted by molar-refractivity contribution is 5.78. The van der Waals surface area contributed by atoms with Gasteiger partial charge in [-0.05, 0) is 96.5 Å². The lowest BCUT2D eigenvalue weighted by Gasteiger charge is -2.11. The number of rotatable bonds is 3. The number of nitrogens with zero attached hydrogens (tertiary/aromatic N) is 2. The van der Waals surface area contributed by atoms with Gasteiger partial charge >= 0.3 is 0 Å². The van der Waals surface area contributed by atoms with Crippen LogP contribution in [0, 0.1) is 25.6 Å². The Bertz CT molecular complexity index is 1660. The number of para-hydroxylation sites is 2. The summed E-state index contributed by atoms with van der Waals surface area (Å²) < 4.78 is 28.5. The minimum atomic E-state index is -2.23. The molecule has 5 rings (SSSR count). The van der Waals surface area contributed by atoms with Gasteiger partial charge in [-0.1, -0.05) is 48.4 Å². The zero-order chi connectivity index (χ0) is 25.4. The Morgan fingerprint density at radius 1 is 0.788 bits per heavy atom. The molecule has 0 radical (unpaired) electrons. The zero-order valence-electron chi connectivity index (χ0n) is 22.1. The Labute approximate surface area is 200 Å². The molecule has 0 saturated carbocycles. The van der Waals surface area contributed by atoms with Crippen LogP contribution in [0.15, 0.2) is 91.3 Å². The van der Waals surface area contributed by atoms with Crippen LogP contribution < -0.4 is 4.57 Å². The van der Waals surface area contributed by atoms with Crippen molar-refractivity contribution in [2.24, 2.45) is 7.05 Å². The molecule has 0 atom stereocenters. The Balaban J connectivity index is 1.71. The standard InChI is InChI=1S/C31H27N2/c1-5-9-24-10-8-11-25(18-24)26-14-22(2)15-27(19-26)28-16-23(3)17-29(20-28)33-21-32(4)30-12-6-7-13-31(30)33/h6-8,10-21H,1-4H3/q+1/i3D3. The molecular weight excluding hydrogens is 400 g/mol. The molecule has 0 amide bonds. The molecule has 0 aliphatic carbocycles. The third-order valence-electron chi connectivity index (χ3n) is 5.88. The van der Waals surface area contributed by atoms with E-state index in [2.05, 4.69) is 65.8 Å². The molecule has 1 aromatic heterocycles. The van der Waals surface area contributed by atoms with Gasteiger partial charge in [0.1, 0.15) is 5.69 Å². The van der Waals surface area contributed by atoms with E-state index in [0.29, 0.717) is 5.56 Å². The van der Waals surface area contributed by atoms with Crippen LogP contribution in [-0.2, 0) is 7.05 Å². The molecule has 2 nitrogen and oxygen atoms in total. The van der Waals surface area contributed by atoms with Gasteiger partial charge in [0, 0.05) is 9.68 Å². The first-order chi connectivity index (χ1) is 17.2. The van der Waals surface area contributed by atoms with Crippen LogP contribution in [-0.4, -0.2) is 4.57 Å². The van der Waals surface area contributed by atoms with Crippen molar-refractivity contribution in [2.75, 3.05) is 0 Å². The molecule has 0 bridgehead atoms. The van der Waals surface area contributed by atoms with Crippen molar-refractivity contribution in [3.63, 3.8) is 0 Å². The summed E-state index contributed by atoms with van der Waals surface area (Å²) in [6.45, 7) is 1.67. The molecule has 4 aromatic carbocycles. The first-order valence-electron chi connectivity index (χ1n) is 12.5. The van der Waals surface area contributed by atoms with Gasteiger partial charge < -0.3 is 0 Å². The van der Waals surface area contributed by atoms with E-state index in [0.717, 1.165) is 50.1 Å². The van der Waals surface area contributed by atoms with Gasteiger partial charge in [0.2, 0.25) is 6.33 Å². The number of hydrogen-bond acceptors (Lipinski definition) is 0. The summed E-state index contributed by atoms with van der Waals surface area (Å²) in [6.07, 6.45) is 2.00. The second-order valence-electron chi connectivity index (χ2n) is 8.40. The topological polar surface area (TPSA) is 8.81 Å². The fraction of sp³-hybridized carbons (Fsp3) is 0.129. The first kappa shape index (κ1) is 17.5. The smallest absolute Gasteiger partial charge is 0.232 e. The van der Waals surface area contributed by atoms with Crippen LogP contribution >= 0.6 is 0 Å². The largest absolute Gasteiger partial charge is 0.249 e. The summed E-state index contributed by atoms with van der Waals surface area (Å²) in [5.41, 5.74) is 9.30. The lowest BCUT2D eigenvalue weighted by atomic mass is 9.95. The number of fused-ring (bicyclic) bond motifs is 1. The van der Waals surface area contributed by atoms with Crippen molar-refractivity contribution in [3.05, 3.63) is 108 Å². The summed E-state index contributed by atoms with van der Waals surface area (Å²) in [6, 6.07) is 28.3. The minimum absolute atomic E-state index is 0.318. The number of hydrogen-bond donors (Lipinski definition) is 0. The Morgan fingerprint density at radius 2 is 1.55 bits per heavy atom. The monoisotopic (exact) mass is 430 g/mol. The molecule has 0 fully saturated rings. The Kier molecular flexibility index (Phi) is 4.47. The van der Waals surface area contributed by atoms with Crippen LogP contribution in [0.4, 0.5) is 0 Å². The summed E-state index contributed by atoms with van der Waals surface area (Å²) in [4.78, 5) is 0. The van der Waals surface area contributed by atoms with E-state index in [-0.39, 0.29) is 0 Å². The maximum absolute atomic E-state index is 8.15. The van der Waals surface area contributed by atoms with Gasteiger partial charge in [-0.2, -0.15) is 4.57 Å². The molecule has 0 spiro atoms. The van der Waals surface area contributed by atoms with Crippen molar-refractivity contribution in [1.82, 2.24) is 4.57 Å². The lowest BCUT2D eigenvalue weighted by Crippen LogP contribution is -2.25. The van der Waals surface area contributed by atoms with Crippen LogP contribution in [0.3, 0.4) is 0 Å². The van der Waals surface area contributed by atoms with E-state index in [1.165, 1.54) is 0 Å². The fourth-order valence-electron chi connectivity index (χ4n) is 4.42. The first-order valence-corrected chi connectivity index (χ1v) is 11.0. The molecule has 0 N–H and O–H groups in total. The highest BCUT2D eigenvalue weighted by Gasteiger charge is 2.16. The van der Waals surface area contributed by atoms with Crippen LogP contribution in [0.5, 0.6) is 0 Å². The highest BCUT2D eigenvalue weighted by Crippen LogP contribution is 2.31. The van der Waals surface area contributed by atoms with E-state index in [4.69, 9.17) is 4.11 Å². The van der Waals surface area contributed by atoms with Crippen LogP contribution in [0.1, 0.15) is 27.7 Å². The molecule has 5 aromatic rings. The SMILES string of the molecule is [2H]C([2H])([2H])c1cc(-c2cc(C)cc(-c3cccc(C#CC)c3)c2)cc(-n2c[n+](C)c3ccccc32)c1. The molecular formula is C31H27N2+. The van der Waals surface area contributed by atoms with Gasteiger partial charge in [0.15, 0.2) is 11.0 Å². The average Bonchev–Trinajstić information content (AvgIpc) is 3.20. The van der Waals surface area contributed by atoms with Crippen molar-refractivity contribution in [3.8, 4) is 39.8 Å². The lowest BCUT2D eigenvalue weighted by molar-refractivity contribution is -0.645. The van der Waals surface area contributed by atoms with E-state index < -0.39 is 6.85 Å². The molecule has 1 heterocycles. The molecule has 33 heavy (non-hydrogen) atoms. The average molecular weight is 431 g/mol. The zero-order valence-corrected chi connectivity index (χ0v) is 19.1. The molecule has 2 heteroatoms. The Hall–Kier alpha value is -4.09. The highest BCUT2D eigenvalue weighted by atomic mass is 15.1. The second-order valence-corrected chi connectivity index (χ2v) is 8.40. The summed E-state index contributed by atoms with van der Waals surface area (Å²) in [7, 11) is 2.00. The Morgan fingerprint density at radius 3 is 2.36 bits per heavy atom. The predicted octanol–water partition coefficient (Wildman–Crippen LogP) is 6.78. The normalized spacial score (nSPS) is 12.5. The number of benzene rings is 4. The van der Waals surface area contributed by atoms with Gasteiger partial charge in [-0.15, -0.1) is 5.92 Å². The second kappa shape index (κ2) is 8.45. The van der Waals surface area contributed by atoms with Crippen molar-refractivity contribution >= 4 is 11.0 Å².